The number of rotatable bonds is 0. The Kier molecular flexibility index (Phi) is 0.722. The monoisotopic (exact) mass is 82.1 g/mol. The van der Waals surface area contributed by atoms with Gasteiger partial charge in [0.25, 0.3) is 0 Å². The van der Waals surface area contributed by atoms with Crippen LogP contribution in [0.3, 0.4) is 0 Å². The Balaban J connectivity index is 2.44. The zero-order valence-corrected chi connectivity index (χ0v) is 4.36. The number of hydrogen-bond acceptors (Lipinski definition) is 0. The number of allylic oxidation sites excluding steroid dienone is 2. The standard InChI is InChI=1S/C6H10/c1-3-6-4-5(6)2/h3,5H,4H2,1-2H3. The fraction of sp³-hybridized carbons (Fsp3) is 0.667. The van der Waals surface area contributed by atoms with Crippen LogP contribution < -0.4 is 0 Å². The van der Waals surface area contributed by atoms with Crippen molar-refractivity contribution < 1.29 is 0 Å². The molecule has 1 atom stereocenters. The topological polar surface area (TPSA) is 0 Å². The molecule has 0 N–H and O–H groups in total. The lowest BCUT2D eigenvalue weighted by molar-refractivity contribution is 1.02. The van der Waals surface area contributed by atoms with E-state index in [0.717, 1.165) is 5.92 Å². The van der Waals surface area contributed by atoms with E-state index in [-0.39, 0.29) is 0 Å². The van der Waals surface area contributed by atoms with Crippen LogP contribution in [0, 0.1) is 5.92 Å². The molecule has 0 aliphatic heterocycles. The summed E-state index contributed by atoms with van der Waals surface area (Å²) in [4.78, 5) is 0. The van der Waals surface area contributed by atoms with E-state index in [0.29, 0.717) is 0 Å². The van der Waals surface area contributed by atoms with Crippen molar-refractivity contribution in [3.8, 4) is 0 Å². The molecular formula is C6H10. The normalized spacial score (nSPS) is 37.7. The minimum atomic E-state index is 0.926. The SMILES string of the molecule is CC=C1CC1C. The highest BCUT2D eigenvalue weighted by molar-refractivity contribution is 5.20. The van der Waals surface area contributed by atoms with Gasteiger partial charge >= 0.3 is 0 Å². The first kappa shape index (κ1) is 3.91. The van der Waals surface area contributed by atoms with Crippen molar-refractivity contribution >= 4 is 0 Å². The average Bonchev–Trinajstić information content (AvgIpc) is 2.19. The third kappa shape index (κ3) is 0.469. The quantitative estimate of drug-likeness (QED) is 0.392. The molecule has 34 valence electrons. The third-order valence-electron chi connectivity index (χ3n) is 1.39. The van der Waals surface area contributed by atoms with Crippen LogP contribution in [-0.4, -0.2) is 0 Å². The van der Waals surface area contributed by atoms with E-state index < -0.39 is 0 Å². The highest BCUT2D eigenvalue weighted by Gasteiger charge is 2.21. The Labute approximate surface area is 38.9 Å². The Morgan fingerprint density at radius 2 is 2.33 bits per heavy atom. The minimum Gasteiger partial charge on any atom is -0.0882 e. The van der Waals surface area contributed by atoms with Gasteiger partial charge in [0.1, 0.15) is 0 Å². The van der Waals surface area contributed by atoms with Gasteiger partial charge < -0.3 is 0 Å². The smallest absolute Gasteiger partial charge is 0.0194 e. The zero-order valence-electron chi connectivity index (χ0n) is 4.36. The second-order valence-electron chi connectivity index (χ2n) is 1.97. The first-order valence-corrected chi connectivity index (χ1v) is 2.49. The van der Waals surface area contributed by atoms with Crippen molar-refractivity contribution in [3.05, 3.63) is 11.6 Å². The molecule has 0 saturated heterocycles. The van der Waals surface area contributed by atoms with Crippen LogP contribution in [0.4, 0.5) is 0 Å². The molecule has 1 saturated carbocycles. The van der Waals surface area contributed by atoms with Crippen LogP contribution in [0.2, 0.25) is 0 Å². The summed E-state index contributed by atoms with van der Waals surface area (Å²) in [6.45, 7) is 4.37. The largest absolute Gasteiger partial charge is 0.0882 e. The molecule has 1 aliphatic carbocycles. The molecule has 0 spiro atoms. The van der Waals surface area contributed by atoms with E-state index in [2.05, 4.69) is 19.9 Å². The van der Waals surface area contributed by atoms with Gasteiger partial charge in [0.2, 0.25) is 0 Å². The van der Waals surface area contributed by atoms with Crippen LogP contribution in [0.1, 0.15) is 20.3 Å². The molecule has 1 rings (SSSR count). The summed E-state index contributed by atoms with van der Waals surface area (Å²) in [5.41, 5.74) is 1.63. The van der Waals surface area contributed by atoms with Gasteiger partial charge in [-0.25, -0.2) is 0 Å². The Morgan fingerprint density at radius 3 is 2.33 bits per heavy atom. The molecule has 0 aromatic rings. The lowest BCUT2D eigenvalue weighted by atomic mass is 10.4. The molecular weight excluding hydrogens is 72.1 g/mol. The van der Waals surface area contributed by atoms with Gasteiger partial charge in [-0.15, -0.1) is 0 Å². The Hall–Kier alpha value is -0.260. The van der Waals surface area contributed by atoms with Crippen molar-refractivity contribution in [3.63, 3.8) is 0 Å². The van der Waals surface area contributed by atoms with Gasteiger partial charge in [0, 0.05) is 0 Å². The highest BCUT2D eigenvalue weighted by Crippen LogP contribution is 2.35. The molecule has 1 aliphatic rings. The van der Waals surface area contributed by atoms with Gasteiger partial charge in [0.05, 0.1) is 0 Å². The zero-order chi connectivity index (χ0) is 4.57. The molecule has 0 aromatic heterocycles. The van der Waals surface area contributed by atoms with Crippen molar-refractivity contribution in [2.45, 2.75) is 20.3 Å². The summed E-state index contributed by atoms with van der Waals surface area (Å²) in [5.74, 6) is 0.926. The molecule has 0 amide bonds. The Bertz CT molecular complexity index is 80.0. The predicted molar refractivity (Wildman–Crippen MR) is 27.5 cm³/mol. The lowest BCUT2D eigenvalue weighted by Gasteiger charge is -1.63. The maximum atomic E-state index is 2.26. The second-order valence-corrected chi connectivity index (χ2v) is 1.97. The fourth-order valence-electron chi connectivity index (χ4n) is 0.697. The summed E-state index contributed by atoms with van der Waals surface area (Å²) in [7, 11) is 0. The van der Waals surface area contributed by atoms with Crippen LogP contribution in [0.25, 0.3) is 0 Å². The summed E-state index contributed by atoms with van der Waals surface area (Å²) >= 11 is 0. The van der Waals surface area contributed by atoms with Gasteiger partial charge in [-0.3, -0.25) is 0 Å². The van der Waals surface area contributed by atoms with Crippen molar-refractivity contribution in [2.75, 3.05) is 0 Å². The van der Waals surface area contributed by atoms with Gasteiger partial charge in [0.15, 0.2) is 0 Å². The predicted octanol–water partition coefficient (Wildman–Crippen LogP) is 1.97. The van der Waals surface area contributed by atoms with E-state index >= 15 is 0 Å². The van der Waals surface area contributed by atoms with Crippen LogP contribution in [0.5, 0.6) is 0 Å². The maximum Gasteiger partial charge on any atom is -0.0194 e. The maximum absolute atomic E-state index is 2.26. The van der Waals surface area contributed by atoms with Crippen LogP contribution in [0.15, 0.2) is 11.6 Å². The van der Waals surface area contributed by atoms with Gasteiger partial charge in [-0.05, 0) is 19.3 Å². The first-order valence-electron chi connectivity index (χ1n) is 2.49. The van der Waals surface area contributed by atoms with E-state index in [1.54, 1.807) is 5.57 Å². The summed E-state index contributed by atoms with van der Waals surface area (Å²) < 4.78 is 0. The van der Waals surface area contributed by atoms with E-state index in [1.165, 1.54) is 6.42 Å². The van der Waals surface area contributed by atoms with Gasteiger partial charge in [-0.2, -0.15) is 0 Å². The Morgan fingerprint density at radius 1 is 1.83 bits per heavy atom. The summed E-state index contributed by atoms with van der Waals surface area (Å²) in [6.07, 6.45) is 3.57. The highest BCUT2D eigenvalue weighted by atomic mass is 14.3. The van der Waals surface area contributed by atoms with Crippen molar-refractivity contribution in [2.24, 2.45) is 5.92 Å². The van der Waals surface area contributed by atoms with Crippen molar-refractivity contribution in [1.82, 2.24) is 0 Å². The van der Waals surface area contributed by atoms with Crippen molar-refractivity contribution in [1.29, 1.82) is 0 Å². The first-order chi connectivity index (χ1) is 2.84. The fourth-order valence-corrected chi connectivity index (χ4v) is 0.697. The minimum absolute atomic E-state index is 0.926. The molecule has 0 aromatic carbocycles. The van der Waals surface area contributed by atoms with E-state index in [4.69, 9.17) is 0 Å². The van der Waals surface area contributed by atoms with Gasteiger partial charge in [-0.1, -0.05) is 18.6 Å². The summed E-state index contributed by atoms with van der Waals surface area (Å²) in [6, 6.07) is 0. The van der Waals surface area contributed by atoms with Crippen LogP contribution >= 0.6 is 0 Å². The number of hydrogen-bond donors (Lipinski definition) is 0. The molecule has 1 fully saturated rings. The third-order valence-corrected chi connectivity index (χ3v) is 1.39. The van der Waals surface area contributed by atoms with Crippen LogP contribution in [-0.2, 0) is 0 Å². The molecule has 1 unspecified atom stereocenters. The molecule has 0 radical (unpaired) electrons. The molecule has 0 heteroatoms. The van der Waals surface area contributed by atoms with E-state index in [9.17, 15) is 0 Å². The summed E-state index contributed by atoms with van der Waals surface area (Å²) in [5, 5.41) is 0. The van der Waals surface area contributed by atoms with E-state index in [1.807, 2.05) is 0 Å². The molecule has 0 nitrogen and oxygen atoms in total. The molecule has 0 heterocycles. The second kappa shape index (κ2) is 1.11. The average molecular weight is 82.1 g/mol. The molecule has 0 bridgehead atoms. The molecule has 6 heavy (non-hydrogen) atoms. The lowest BCUT2D eigenvalue weighted by Crippen LogP contribution is -1.49.